The van der Waals surface area contributed by atoms with Gasteiger partial charge in [0.2, 0.25) is 5.91 Å². The van der Waals surface area contributed by atoms with Crippen molar-refractivity contribution in [3.63, 3.8) is 0 Å². The minimum absolute atomic E-state index is 0.134. The first kappa shape index (κ1) is 15.5. The molecular weight excluding hydrogens is 238 g/mol. The molecule has 0 aliphatic carbocycles. The van der Waals surface area contributed by atoms with Gasteiger partial charge in [0.05, 0.1) is 7.11 Å². The zero-order valence-corrected chi connectivity index (χ0v) is 12.2. The average Bonchev–Trinajstić information content (AvgIpc) is 2.46. The van der Waals surface area contributed by atoms with Crippen LogP contribution in [0.3, 0.4) is 0 Å². The van der Waals surface area contributed by atoms with Crippen LogP contribution in [0.1, 0.15) is 45.1 Å². The summed E-state index contributed by atoms with van der Waals surface area (Å²) in [6.07, 6.45) is 4.12. The molecule has 1 atom stereocenters. The fourth-order valence-electron chi connectivity index (χ4n) is 2.15. The predicted molar refractivity (Wildman–Crippen MR) is 78.1 cm³/mol. The van der Waals surface area contributed by atoms with Crippen molar-refractivity contribution in [1.82, 2.24) is 5.32 Å². The summed E-state index contributed by atoms with van der Waals surface area (Å²) in [7, 11) is 1.65. The number of benzene rings is 1. The van der Waals surface area contributed by atoms with E-state index in [-0.39, 0.29) is 11.8 Å². The number of methoxy groups -OCH3 is 1. The van der Waals surface area contributed by atoms with E-state index in [0.29, 0.717) is 6.54 Å². The summed E-state index contributed by atoms with van der Waals surface area (Å²) in [6.45, 7) is 4.76. The molecule has 0 aliphatic heterocycles. The number of hydrogen-bond acceptors (Lipinski definition) is 2. The zero-order chi connectivity index (χ0) is 14.1. The van der Waals surface area contributed by atoms with Crippen molar-refractivity contribution in [3.8, 4) is 5.75 Å². The lowest BCUT2D eigenvalue weighted by molar-refractivity contribution is -0.125. The lowest BCUT2D eigenvalue weighted by Gasteiger charge is -2.15. The highest BCUT2D eigenvalue weighted by atomic mass is 16.5. The third-order valence-electron chi connectivity index (χ3n) is 3.42. The molecule has 0 aliphatic rings. The Labute approximate surface area is 116 Å². The maximum Gasteiger partial charge on any atom is 0.223 e. The monoisotopic (exact) mass is 263 g/mol. The SMILES string of the molecule is CCCC[C@@H](CC)C(=O)NCc1ccccc1OC. The Balaban J connectivity index is 2.52. The summed E-state index contributed by atoms with van der Waals surface area (Å²) in [4.78, 5) is 12.1. The lowest BCUT2D eigenvalue weighted by Crippen LogP contribution is -2.30. The van der Waals surface area contributed by atoms with E-state index in [9.17, 15) is 4.79 Å². The molecule has 0 spiro atoms. The Hall–Kier alpha value is -1.51. The topological polar surface area (TPSA) is 38.3 Å². The van der Waals surface area contributed by atoms with Crippen LogP contribution in [0.15, 0.2) is 24.3 Å². The largest absolute Gasteiger partial charge is 0.496 e. The number of amides is 1. The van der Waals surface area contributed by atoms with Crippen molar-refractivity contribution in [3.05, 3.63) is 29.8 Å². The number of ether oxygens (including phenoxy) is 1. The Kier molecular flexibility index (Phi) is 7.01. The summed E-state index contributed by atoms with van der Waals surface area (Å²) >= 11 is 0. The highest BCUT2D eigenvalue weighted by Gasteiger charge is 2.15. The molecule has 0 aromatic heterocycles. The number of nitrogens with one attached hydrogen (secondary N) is 1. The van der Waals surface area contributed by atoms with Crippen molar-refractivity contribution in [2.75, 3.05) is 7.11 Å². The van der Waals surface area contributed by atoms with Gasteiger partial charge in [-0.1, -0.05) is 44.9 Å². The summed E-state index contributed by atoms with van der Waals surface area (Å²) in [5, 5.41) is 3.01. The van der Waals surface area contributed by atoms with Gasteiger partial charge in [0.1, 0.15) is 5.75 Å². The van der Waals surface area contributed by atoms with Crippen molar-refractivity contribution in [2.24, 2.45) is 5.92 Å². The van der Waals surface area contributed by atoms with E-state index in [1.807, 2.05) is 24.3 Å². The summed E-state index contributed by atoms with van der Waals surface area (Å²) in [5.74, 6) is 1.11. The molecule has 1 amide bonds. The van der Waals surface area contributed by atoms with E-state index in [1.54, 1.807) is 7.11 Å². The van der Waals surface area contributed by atoms with Gasteiger partial charge < -0.3 is 10.1 Å². The van der Waals surface area contributed by atoms with E-state index in [1.165, 1.54) is 0 Å². The molecule has 0 bridgehead atoms. The van der Waals surface area contributed by atoms with Gasteiger partial charge in [0, 0.05) is 18.0 Å². The molecule has 3 nitrogen and oxygen atoms in total. The second kappa shape index (κ2) is 8.57. The summed E-state index contributed by atoms with van der Waals surface area (Å²) < 4.78 is 5.28. The number of carbonyl (C=O) groups is 1. The molecule has 0 saturated heterocycles. The van der Waals surface area contributed by atoms with Gasteiger partial charge in [-0.05, 0) is 18.9 Å². The Bertz CT molecular complexity index is 390. The third kappa shape index (κ3) is 4.93. The van der Waals surface area contributed by atoms with Crippen molar-refractivity contribution >= 4 is 5.91 Å². The smallest absolute Gasteiger partial charge is 0.223 e. The molecule has 0 unspecified atom stereocenters. The van der Waals surface area contributed by atoms with Crippen LogP contribution in [0.25, 0.3) is 0 Å². The second-order valence-corrected chi connectivity index (χ2v) is 4.78. The van der Waals surface area contributed by atoms with Crippen LogP contribution >= 0.6 is 0 Å². The molecule has 19 heavy (non-hydrogen) atoms. The van der Waals surface area contributed by atoms with Crippen molar-refractivity contribution in [2.45, 2.75) is 46.1 Å². The van der Waals surface area contributed by atoms with Crippen molar-refractivity contribution < 1.29 is 9.53 Å². The molecule has 106 valence electrons. The minimum Gasteiger partial charge on any atom is -0.496 e. The molecule has 0 heterocycles. The molecule has 0 saturated carbocycles. The minimum atomic E-state index is 0.134. The Morgan fingerprint density at radius 2 is 2.05 bits per heavy atom. The van der Waals surface area contributed by atoms with Gasteiger partial charge in [-0.15, -0.1) is 0 Å². The first-order chi connectivity index (χ1) is 9.22. The van der Waals surface area contributed by atoms with Crippen molar-refractivity contribution in [1.29, 1.82) is 0 Å². The fraction of sp³-hybridized carbons (Fsp3) is 0.562. The maximum absolute atomic E-state index is 12.1. The molecule has 1 rings (SSSR count). The van der Waals surface area contributed by atoms with E-state index in [4.69, 9.17) is 4.74 Å². The van der Waals surface area contributed by atoms with E-state index in [2.05, 4.69) is 19.2 Å². The van der Waals surface area contributed by atoms with Gasteiger partial charge in [-0.25, -0.2) is 0 Å². The van der Waals surface area contributed by atoms with Gasteiger partial charge >= 0.3 is 0 Å². The zero-order valence-electron chi connectivity index (χ0n) is 12.2. The van der Waals surface area contributed by atoms with Crippen LogP contribution in [0.5, 0.6) is 5.75 Å². The first-order valence-electron chi connectivity index (χ1n) is 7.12. The fourth-order valence-corrected chi connectivity index (χ4v) is 2.15. The number of carbonyl (C=O) groups excluding carboxylic acids is 1. The molecule has 1 aromatic carbocycles. The normalized spacial score (nSPS) is 11.9. The number of unbranched alkanes of at least 4 members (excludes halogenated alkanes) is 1. The third-order valence-corrected chi connectivity index (χ3v) is 3.42. The van der Waals surface area contributed by atoms with Crippen LogP contribution in [0, 0.1) is 5.92 Å². The molecule has 0 radical (unpaired) electrons. The van der Waals surface area contributed by atoms with E-state index >= 15 is 0 Å². The number of para-hydroxylation sites is 1. The Morgan fingerprint density at radius 1 is 1.32 bits per heavy atom. The maximum atomic E-state index is 12.1. The van der Waals surface area contributed by atoms with E-state index in [0.717, 1.165) is 37.0 Å². The van der Waals surface area contributed by atoms with Gasteiger partial charge in [0.25, 0.3) is 0 Å². The predicted octanol–water partition coefficient (Wildman–Crippen LogP) is 3.53. The quantitative estimate of drug-likeness (QED) is 0.779. The lowest BCUT2D eigenvalue weighted by atomic mass is 9.98. The summed E-state index contributed by atoms with van der Waals surface area (Å²) in [5.41, 5.74) is 1.02. The van der Waals surface area contributed by atoms with Crippen LogP contribution in [0.4, 0.5) is 0 Å². The molecule has 1 N–H and O–H groups in total. The molecule has 1 aromatic rings. The van der Waals surface area contributed by atoms with E-state index < -0.39 is 0 Å². The number of hydrogen-bond donors (Lipinski definition) is 1. The van der Waals surface area contributed by atoms with Crippen LogP contribution < -0.4 is 10.1 Å². The first-order valence-corrected chi connectivity index (χ1v) is 7.12. The van der Waals surface area contributed by atoms with Crippen LogP contribution in [0.2, 0.25) is 0 Å². The molecule has 3 heteroatoms. The standard InChI is InChI=1S/C16H25NO2/c1-4-6-9-13(5-2)16(18)17-12-14-10-7-8-11-15(14)19-3/h7-8,10-11,13H,4-6,9,12H2,1-3H3,(H,17,18)/t13-/m1/s1. The van der Waals surface area contributed by atoms with Gasteiger partial charge in [-0.2, -0.15) is 0 Å². The Morgan fingerprint density at radius 3 is 2.68 bits per heavy atom. The van der Waals surface area contributed by atoms with Gasteiger partial charge in [0.15, 0.2) is 0 Å². The highest BCUT2D eigenvalue weighted by molar-refractivity contribution is 5.78. The average molecular weight is 263 g/mol. The molecule has 0 fully saturated rings. The van der Waals surface area contributed by atoms with Crippen LogP contribution in [-0.4, -0.2) is 13.0 Å². The van der Waals surface area contributed by atoms with Gasteiger partial charge in [-0.3, -0.25) is 4.79 Å². The molecular formula is C16H25NO2. The summed E-state index contributed by atoms with van der Waals surface area (Å²) in [6, 6.07) is 7.78. The number of rotatable bonds is 8. The van der Waals surface area contributed by atoms with Crippen LogP contribution in [-0.2, 0) is 11.3 Å². The second-order valence-electron chi connectivity index (χ2n) is 4.78. The highest BCUT2D eigenvalue weighted by Crippen LogP contribution is 2.18.